The monoisotopic (exact) mass is 422 g/mol. The number of nitrogens with zero attached hydrogens (tertiary/aromatic N) is 1. The van der Waals surface area contributed by atoms with Gasteiger partial charge in [0, 0.05) is 13.0 Å². The number of carbonyl (C=O) groups excluding carboxylic acids is 3. The second kappa shape index (κ2) is 10.6. The summed E-state index contributed by atoms with van der Waals surface area (Å²) in [5.41, 5.74) is 5.93. The number of hydrogen-bond acceptors (Lipinski definition) is 7. The highest BCUT2D eigenvalue weighted by Gasteiger charge is 2.38. The Hall–Kier alpha value is -3.18. The molecule has 1 aliphatic rings. The number of likely N-dealkylation sites (tertiary alicyclic amines) is 1. The van der Waals surface area contributed by atoms with Gasteiger partial charge in [0.15, 0.2) is 0 Å². The van der Waals surface area contributed by atoms with Gasteiger partial charge in [-0.15, -0.1) is 0 Å². The number of hydrogen-bond donors (Lipinski definition) is 6. The third-order valence-corrected chi connectivity index (χ3v) is 4.83. The molecular formula is C19H26N4O7. The second-order valence-corrected chi connectivity index (χ2v) is 6.97. The fourth-order valence-corrected chi connectivity index (χ4v) is 3.28. The molecule has 7 N–H and O–H groups in total. The van der Waals surface area contributed by atoms with Crippen molar-refractivity contribution in [2.45, 2.75) is 37.4 Å². The summed E-state index contributed by atoms with van der Waals surface area (Å²) >= 11 is 0. The van der Waals surface area contributed by atoms with E-state index in [4.69, 9.17) is 5.73 Å². The maximum Gasteiger partial charge on any atom is 0.326 e. The van der Waals surface area contributed by atoms with Crippen LogP contribution in [0.25, 0.3) is 0 Å². The second-order valence-electron chi connectivity index (χ2n) is 6.97. The van der Waals surface area contributed by atoms with Crippen LogP contribution in [0, 0.1) is 0 Å². The Morgan fingerprint density at radius 2 is 1.80 bits per heavy atom. The lowest BCUT2D eigenvalue weighted by Crippen LogP contribution is -2.57. The first-order chi connectivity index (χ1) is 14.3. The number of aliphatic hydroxyl groups excluding tert-OH is 1. The normalized spacial score (nSPS) is 17.8. The van der Waals surface area contributed by atoms with E-state index in [9.17, 15) is 34.5 Å². The number of phenolic OH excluding ortho intramolecular Hbond substituents is 1. The van der Waals surface area contributed by atoms with Crippen LogP contribution in [0.5, 0.6) is 5.75 Å². The van der Waals surface area contributed by atoms with E-state index in [0.29, 0.717) is 18.4 Å². The Kier molecular flexibility index (Phi) is 8.13. The van der Waals surface area contributed by atoms with Crippen molar-refractivity contribution in [2.24, 2.45) is 5.73 Å². The minimum absolute atomic E-state index is 0.0373. The number of benzene rings is 1. The van der Waals surface area contributed by atoms with E-state index < -0.39 is 48.4 Å². The number of nitrogens with two attached hydrogens (primary N) is 1. The minimum atomic E-state index is -1.35. The van der Waals surface area contributed by atoms with Crippen LogP contribution < -0.4 is 16.4 Å². The molecule has 0 saturated carbocycles. The molecule has 0 spiro atoms. The Labute approximate surface area is 172 Å². The Morgan fingerprint density at radius 3 is 2.37 bits per heavy atom. The number of rotatable bonds is 9. The van der Waals surface area contributed by atoms with Crippen molar-refractivity contribution in [3.8, 4) is 5.75 Å². The highest BCUT2D eigenvalue weighted by atomic mass is 16.4. The number of amides is 3. The molecule has 0 unspecified atom stereocenters. The van der Waals surface area contributed by atoms with Gasteiger partial charge in [0.2, 0.25) is 17.7 Å². The molecule has 3 amide bonds. The van der Waals surface area contributed by atoms with Crippen molar-refractivity contribution >= 4 is 23.7 Å². The van der Waals surface area contributed by atoms with E-state index in [1.807, 2.05) is 0 Å². The molecule has 0 bridgehead atoms. The first-order valence-electron chi connectivity index (χ1n) is 9.48. The molecule has 0 radical (unpaired) electrons. The summed E-state index contributed by atoms with van der Waals surface area (Å²) in [4.78, 5) is 49.6. The molecule has 0 aliphatic carbocycles. The number of nitrogens with one attached hydrogen (secondary N) is 2. The predicted octanol–water partition coefficient (Wildman–Crippen LogP) is -2.07. The quantitative estimate of drug-likeness (QED) is 0.262. The van der Waals surface area contributed by atoms with Crippen molar-refractivity contribution in [3.63, 3.8) is 0 Å². The summed E-state index contributed by atoms with van der Waals surface area (Å²) in [5, 5.41) is 33.1. The smallest absolute Gasteiger partial charge is 0.326 e. The maximum absolute atomic E-state index is 12.8. The number of carbonyl (C=O) groups is 4. The summed E-state index contributed by atoms with van der Waals surface area (Å²) < 4.78 is 0. The van der Waals surface area contributed by atoms with E-state index in [0.717, 1.165) is 4.90 Å². The fraction of sp³-hybridized carbons (Fsp3) is 0.474. The number of aromatic hydroxyl groups is 1. The van der Waals surface area contributed by atoms with Gasteiger partial charge >= 0.3 is 5.97 Å². The van der Waals surface area contributed by atoms with E-state index in [2.05, 4.69) is 10.6 Å². The number of phenols is 1. The third-order valence-electron chi connectivity index (χ3n) is 4.83. The standard InChI is InChI=1S/C19H26N4O7/c20-9-16(26)21-13(8-11-3-5-12(25)6-4-11)17(27)22-14(10-24)18(28)23-7-1-2-15(23)19(29)30/h3-6,13-15,24-25H,1-2,7-10,20H2,(H,21,26)(H,22,27)(H,29,30)/t13-,14-,15-/m0/s1. The zero-order valence-electron chi connectivity index (χ0n) is 16.3. The van der Waals surface area contributed by atoms with Gasteiger partial charge < -0.3 is 36.6 Å². The highest BCUT2D eigenvalue weighted by molar-refractivity contribution is 5.94. The van der Waals surface area contributed by atoms with Gasteiger partial charge in [0.1, 0.15) is 23.9 Å². The van der Waals surface area contributed by atoms with Gasteiger partial charge in [-0.3, -0.25) is 14.4 Å². The molecule has 2 rings (SSSR count). The predicted molar refractivity (Wildman–Crippen MR) is 104 cm³/mol. The topological polar surface area (TPSA) is 182 Å². The van der Waals surface area contributed by atoms with E-state index >= 15 is 0 Å². The summed E-state index contributed by atoms with van der Waals surface area (Å²) in [7, 11) is 0. The average Bonchev–Trinajstić information content (AvgIpc) is 3.22. The molecule has 1 aliphatic heterocycles. The van der Waals surface area contributed by atoms with Crippen LogP contribution >= 0.6 is 0 Å². The fourth-order valence-electron chi connectivity index (χ4n) is 3.28. The molecule has 1 saturated heterocycles. The molecule has 1 fully saturated rings. The zero-order chi connectivity index (χ0) is 22.3. The number of carboxylic acids is 1. The Morgan fingerprint density at radius 1 is 1.13 bits per heavy atom. The molecule has 164 valence electrons. The van der Waals surface area contributed by atoms with Crippen LogP contribution in [0.15, 0.2) is 24.3 Å². The van der Waals surface area contributed by atoms with Gasteiger partial charge in [-0.25, -0.2) is 4.79 Å². The molecule has 3 atom stereocenters. The minimum Gasteiger partial charge on any atom is -0.508 e. The molecule has 1 aromatic carbocycles. The van der Waals surface area contributed by atoms with E-state index in [1.54, 1.807) is 12.1 Å². The van der Waals surface area contributed by atoms with Gasteiger partial charge in [-0.05, 0) is 30.5 Å². The Balaban J connectivity index is 2.12. The summed E-state index contributed by atoms with van der Waals surface area (Å²) in [6, 6.07) is 2.54. The van der Waals surface area contributed by atoms with Gasteiger partial charge in [-0.1, -0.05) is 12.1 Å². The number of carboxylic acid groups (broad SMARTS) is 1. The molecule has 0 aromatic heterocycles. The first kappa shape index (κ1) is 23.1. The van der Waals surface area contributed by atoms with Gasteiger partial charge in [0.05, 0.1) is 13.2 Å². The molecule has 30 heavy (non-hydrogen) atoms. The molecule has 1 heterocycles. The summed E-state index contributed by atoms with van der Waals surface area (Å²) in [6.45, 7) is -0.872. The van der Waals surface area contributed by atoms with Crippen molar-refractivity contribution in [3.05, 3.63) is 29.8 Å². The molecule has 11 heteroatoms. The highest BCUT2D eigenvalue weighted by Crippen LogP contribution is 2.18. The van der Waals surface area contributed by atoms with E-state index in [-0.39, 0.29) is 25.3 Å². The molecule has 11 nitrogen and oxygen atoms in total. The van der Waals surface area contributed by atoms with Crippen molar-refractivity contribution in [2.75, 3.05) is 19.7 Å². The number of aliphatic hydroxyl groups is 1. The Bertz CT molecular complexity index is 784. The van der Waals surface area contributed by atoms with Crippen LogP contribution in [0.4, 0.5) is 0 Å². The maximum atomic E-state index is 12.8. The third kappa shape index (κ3) is 5.91. The number of aliphatic carboxylic acids is 1. The van der Waals surface area contributed by atoms with Gasteiger partial charge in [-0.2, -0.15) is 0 Å². The lowest BCUT2D eigenvalue weighted by molar-refractivity contribution is -0.150. The molecular weight excluding hydrogens is 396 g/mol. The average molecular weight is 422 g/mol. The van der Waals surface area contributed by atoms with Crippen LogP contribution in [0.3, 0.4) is 0 Å². The van der Waals surface area contributed by atoms with Crippen molar-refractivity contribution in [1.82, 2.24) is 15.5 Å². The largest absolute Gasteiger partial charge is 0.508 e. The lowest BCUT2D eigenvalue weighted by Gasteiger charge is -2.27. The molecule has 1 aromatic rings. The van der Waals surface area contributed by atoms with Crippen LogP contribution in [0.2, 0.25) is 0 Å². The summed E-state index contributed by atoms with van der Waals surface area (Å²) in [5.74, 6) is -3.14. The van der Waals surface area contributed by atoms with Crippen LogP contribution in [-0.2, 0) is 25.6 Å². The van der Waals surface area contributed by atoms with Crippen molar-refractivity contribution in [1.29, 1.82) is 0 Å². The van der Waals surface area contributed by atoms with Crippen LogP contribution in [0.1, 0.15) is 18.4 Å². The van der Waals surface area contributed by atoms with Crippen LogP contribution in [-0.4, -0.2) is 81.7 Å². The lowest BCUT2D eigenvalue weighted by atomic mass is 10.0. The van der Waals surface area contributed by atoms with Crippen molar-refractivity contribution < 1.29 is 34.5 Å². The van der Waals surface area contributed by atoms with E-state index in [1.165, 1.54) is 12.1 Å². The summed E-state index contributed by atoms with van der Waals surface area (Å²) in [6.07, 6.45) is 0.847. The zero-order valence-corrected chi connectivity index (χ0v) is 16.3. The first-order valence-corrected chi connectivity index (χ1v) is 9.48. The SMILES string of the molecule is NCC(=O)N[C@@H](Cc1ccc(O)cc1)C(=O)N[C@@H](CO)C(=O)N1CCC[C@H]1C(=O)O. The van der Waals surface area contributed by atoms with Gasteiger partial charge in [0.25, 0.3) is 0 Å².